The predicted octanol–water partition coefficient (Wildman–Crippen LogP) is 2.60. The number of nitrogens with zero attached hydrogens (tertiary/aromatic N) is 1. The SMILES string of the molecule is COc1ccc(NC2CCN(C)C(C)C2)c(OC)c1. The molecule has 0 aromatic heterocycles. The number of nitrogens with one attached hydrogen (secondary N) is 1. The third-order valence-electron chi connectivity index (χ3n) is 3.98. The summed E-state index contributed by atoms with van der Waals surface area (Å²) in [5.41, 5.74) is 1.05. The van der Waals surface area contributed by atoms with Gasteiger partial charge in [-0.2, -0.15) is 0 Å². The first-order valence-corrected chi connectivity index (χ1v) is 6.83. The van der Waals surface area contributed by atoms with Crippen LogP contribution in [0.5, 0.6) is 11.5 Å². The summed E-state index contributed by atoms with van der Waals surface area (Å²) in [6, 6.07) is 7.04. The van der Waals surface area contributed by atoms with Gasteiger partial charge in [-0.05, 0) is 38.9 Å². The second-order valence-electron chi connectivity index (χ2n) is 5.26. The normalized spacial score (nSPS) is 24.0. The van der Waals surface area contributed by atoms with E-state index in [9.17, 15) is 0 Å². The van der Waals surface area contributed by atoms with Crippen molar-refractivity contribution in [2.24, 2.45) is 0 Å². The molecule has 0 saturated carbocycles. The second kappa shape index (κ2) is 6.15. The van der Waals surface area contributed by atoms with Crippen LogP contribution in [-0.4, -0.2) is 44.8 Å². The molecule has 1 aliphatic heterocycles. The molecule has 0 amide bonds. The number of likely N-dealkylation sites (tertiary alicyclic amines) is 1. The maximum Gasteiger partial charge on any atom is 0.145 e. The van der Waals surface area contributed by atoms with Crippen LogP contribution in [-0.2, 0) is 0 Å². The van der Waals surface area contributed by atoms with Gasteiger partial charge in [-0.15, -0.1) is 0 Å². The van der Waals surface area contributed by atoms with Gasteiger partial charge in [0.25, 0.3) is 0 Å². The molecular formula is C15H24N2O2. The van der Waals surface area contributed by atoms with Crippen molar-refractivity contribution in [2.45, 2.75) is 31.8 Å². The highest BCUT2D eigenvalue weighted by molar-refractivity contribution is 5.59. The second-order valence-corrected chi connectivity index (χ2v) is 5.26. The van der Waals surface area contributed by atoms with Crippen LogP contribution in [0.3, 0.4) is 0 Å². The summed E-state index contributed by atoms with van der Waals surface area (Å²) in [6.45, 7) is 3.41. The highest BCUT2D eigenvalue weighted by Gasteiger charge is 2.23. The first-order valence-electron chi connectivity index (χ1n) is 6.83. The van der Waals surface area contributed by atoms with Crippen molar-refractivity contribution in [1.29, 1.82) is 0 Å². The minimum Gasteiger partial charge on any atom is -0.497 e. The lowest BCUT2D eigenvalue weighted by atomic mass is 9.98. The Morgan fingerprint density at radius 2 is 2.05 bits per heavy atom. The first-order chi connectivity index (χ1) is 9.13. The standard InChI is InChI=1S/C15H24N2O2/c1-11-9-12(7-8-17(11)2)16-14-6-5-13(18-3)10-15(14)19-4/h5-6,10-12,16H,7-9H2,1-4H3. The molecule has 1 heterocycles. The van der Waals surface area contributed by atoms with Crippen molar-refractivity contribution in [3.8, 4) is 11.5 Å². The molecule has 4 nitrogen and oxygen atoms in total. The smallest absolute Gasteiger partial charge is 0.145 e. The molecule has 0 aliphatic carbocycles. The van der Waals surface area contributed by atoms with Crippen LogP contribution in [0.15, 0.2) is 18.2 Å². The lowest BCUT2D eigenvalue weighted by molar-refractivity contribution is 0.190. The third-order valence-corrected chi connectivity index (χ3v) is 3.98. The Hall–Kier alpha value is -1.42. The molecule has 0 radical (unpaired) electrons. The molecule has 0 spiro atoms. The number of ether oxygens (including phenoxy) is 2. The van der Waals surface area contributed by atoms with Gasteiger partial charge in [0.15, 0.2) is 0 Å². The minimum atomic E-state index is 0.508. The fourth-order valence-electron chi connectivity index (χ4n) is 2.56. The van der Waals surface area contributed by atoms with E-state index in [1.807, 2.05) is 18.2 Å². The van der Waals surface area contributed by atoms with Gasteiger partial charge in [0.05, 0.1) is 19.9 Å². The molecule has 106 valence electrons. The lowest BCUT2D eigenvalue weighted by Gasteiger charge is -2.36. The van der Waals surface area contributed by atoms with Crippen LogP contribution in [0.1, 0.15) is 19.8 Å². The lowest BCUT2D eigenvalue weighted by Crippen LogP contribution is -2.42. The Bertz CT molecular complexity index is 423. The summed E-state index contributed by atoms with van der Waals surface area (Å²) < 4.78 is 10.6. The van der Waals surface area contributed by atoms with Crippen LogP contribution in [0.2, 0.25) is 0 Å². The number of anilines is 1. The minimum absolute atomic E-state index is 0.508. The molecule has 1 aromatic rings. The monoisotopic (exact) mass is 264 g/mol. The maximum atomic E-state index is 5.42. The molecule has 1 saturated heterocycles. The fraction of sp³-hybridized carbons (Fsp3) is 0.600. The number of hydrogen-bond donors (Lipinski definition) is 1. The van der Waals surface area contributed by atoms with Crippen molar-refractivity contribution in [1.82, 2.24) is 4.90 Å². The zero-order valence-corrected chi connectivity index (χ0v) is 12.3. The predicted molar refractivity (Wildman–Crippen MR) is 78.3 cm³/mol. The van der Waals surface area contributed by atoms with Crippen molar-refractivity contribution < 1.29 is 9.47 Å². The fourth-order valence-corrected chi connectivity index (χ4v) is 2.56. The number of benzene rings is 1. The van der Waals surface area contributed by atoms with Gasteiger partial charge in [0, 0.05) is 24.7 Å². The van der Waals surface area contributed by atoms with Gasteiger partial charge < -0.3 is 19.7 Å². The van der Waals surface area contributed by atoms with E-state index >= 15 is 0 Å². The summed E-state index contributed by atoms with van der Waals surface area (Å²) in [5, 5.41) is 3.60. The van der Waals surface area contributed by atoms with E-state index in [-0.39, 0.29) is 0 Å². The Balaban J connectivity index is 2.06. The molecule has 2 unspecified atom stereocenters. The zero-order valence-electron chi connectivity index (χ0n) is 12.3. The molecule has 2 rings (SSSR count). The Morgan fingerprint density at radius 1 is 1.26 bits per heavy atom. The number of rotatable bonds is 4. The summed E-state index contributed by atoms with van der Waals surface area (Å²) >= 11 is 0. The maximum absolute atomic E-state index is 5.42. The van der Waals surface area contributed by atoms with E-state index in [1.54, 1.807) is 14.2 Å². The Kier molecular flexibility index (Phi) is 4.53. The van der Waals surface area contributed by atoms with Crippen LogP contribution in [0.4, 0.5) is 5.69 Å². The van der Waals surface area contributed by atoms with Gasteiger partial charge in [-0.3, -0.25) is 0 Å². The van der Waals surface area contributed by atoms with E-state index < -0.39 is 0 Å². The molecular weight excluding hydrogens is 240 g/mol. The van der Waals surface area contributed by atoms with Crippen molar-refractivity contribution in [3.05, 3.63) is 18.2 Å². The Morgan fingerprint density at radius 3 is 2.68 bits per heavy atom. The van der Waals surface area contributed by atoms with Gasteiger partial charge in [-0.25, -0.2) is 0 Å². The van der Waals surface area contributed by atoms with E-state index in [4.69, 9.17) is 9.47 Å². The third kappa shape index (κ3) is 3.32. The first kappa shape index (κ1) is 14.0. The number of hydrogen-bond acceptors (Lipinski definition) is 4. The van der Waals surface area contributed by atoms with Gasteiger partial charge in [-0.1, -0.05) is 0 Å². The highest BCUT2D eigenvalue weighted by Crippen LogP contribution is 2.31. The Labute approximate surface area is 115 Å². The molecule has 1 fully saturated rings. The van der Waals surface area contributed by atoms with Crippen LogP contribution < -0.4 is 14.8 Å². The highest BCUT2D eigenvalue weighted by atomic mass is 16.5. The zero-order chi connectivity index (χ0) is 13.8. The molecule has 19 heavy (non-hydrogen) atoms. The van der Waals surface area contributed by atoms with E-state index in [2.05, 4.69) is 24.2 Å². The van der Waals surface area contributed by atoms with Crippen LogP contribution in [0, 0.1) is 0 Å². The number of piperidine rings is 1. The average Bonchev–Trinajstić information content (AvgIpc) is 2.43. The van der Waals surface area contributed by atoms with Crippen molar-refractivity contribution in [2.75, 3.05) is 33.1 Å². The topological polar surface area (TPSA) is 33.7 Å². The van der Waals surface area contributed by atoms with Crippen LogP contribution >= 0.6 is 0 Å². The van der Waals surface area contributed by atoms with E-state index in [0.29, 0.717) is 12.1 Å². The van der Waals surface area contributed by atoms with Crippen molar-refractivity contribution in [3.63, 3.8) is 0 Å². The quantitative estimate of drug-likeness (QED) is 0.906. The summed E-state index contributed by atoms with van der Waals surface area (Å²) in [6.07, 6.45) is 2.32. The largest absolute Gasteiger partial charge is 0.497 e. The van der Waals surface area contributed by atoms with E-state index in [0.717, 1.165) is 36.6 Å². The molecule has 1 aromatic carbocycles. The molecule has 0 bridgehead atoms. The summed E-state index contributed by atoms with van der Waals surface area (Å²) in [7, 11) is 5.55. The molecule has 4 heteroatoms. The van der Waals surface area contributed by atoms with Gasteiger partial charge in [0.2, 0.25) is 0 Å². The number of methoxy groups -OCH3 is 2. The summed E-state index contributed by atoms with van der Waals surface area (Å²) in [4.78, 5) is 2.41. The molecule has 1 N–H and O–H groups in total. The molecule has 2 atom stereocenters. The van der Waals surface area contributed by atoms with E-state index in [1.165, 1.54) is 0 Å². The summed E-state index contributed by atoms with van der Waals surface area (Å²) in [5.74, 6) is 1.66. The van der Waals surface area contributed by atoms with Crippen molar-refractivity contribution >= 4 is 5.69 Å². The molecule has 1 aliphatic rings. The van der Waals surface area contributed by atoms with Gasteiger partial charge >= 0.3 is 0 Å². The van der Waals surface area contributed by atoms with Crippen LogP contribution in [0.25, 0.3) is 0 Å². The van der Waals surface area contributed by atoms with Gasteiger partial charge in [0.1, 0.15) is 11.5 Å². The average molecular weight is 264 g/mol.